The molecule has 1 heterocycles. The number of nitrogens with one attached hydrogen (secondary N) is 1. The minimum absolute atomic E-state index is 0.0136. The number of aliphatic carboxylic acids is 1. The quantitative estimate of drug-likeness (QED) is 0.785. The van der Waals surface area contributed by atoms with Crippen molar-refractivity contribution in [3.05, 3.63) is 16.1 Å². The number of nitrogens with zero attached hydrogens (tertiary/aromatic N) is 1. The first-order chi connectivity index (χ1) is 7.08. The van der Waals surface area contributed by atoms with Crippen LogP contribution in [-0.4, -0.2) is 22.0 Å². The lowest BCUT2D eigenvalue weighted by Crippen LogP contribution is -2.23. The summed E-state index contributed by atoms with van der Waals surface area (Å²) in [6, 6.07) is 0. The molecule has 0 bridgehead atoms. The van der Waals surface area contributed by atoms with Crippen LogP contribution in [0, 0.1) is 6.92 Å². The molecule has 0 aliphatic heterocycles. The second kappa shape index (κ2) is 5.45. The Hall–Kier alpha value is -1.43. The van der Waals surface area contributed by atoms with Gasteiger partial charge in [-0.15, -0.1) is 11.3 Å². The van der Waals surface area contributed by atoms with Gasteiger partial charge in [0.25, 0.3) is 0 Å². The Bertz CT molecular complexity index is 362. The predicted octanol–water partition coefficient (Wildman–Crippen LogP) is 0.933. The number of carbonyl (C=O) groups is 2. The molecule has 0 saturated heterocycles. The standard InChI is InChI=1S/C9H12N2O3S/c1-6-4-11-8(15-6)5-10-7(12)2-3-9(13)14/h4H,2-3,5H2,1H3,(H,10,12)(H,13,14). The molecule has 0 unspecified atom stereocenters. The Labute approximate surface area is 91.1 Å². The van der Waals surface area contributed by atoms with Crippen LogP contribution in [0.25, 0.3) is 0 Å². The third kappa shape index (κ3) is 4.55. The summed E-state index contributed by atoms with van der Waals surface area (Å²) in [5.74, 6) is -1.22. The van der Waals surface area contributed by atoms with E-state index in [0.717, 1.165) is 9.88 Å². The van der Waals surface area contributed by atoms with E-state index < -0.39 is 5.97 Å². The van der Waals surface area contributed by atoms with Gasteiger partial charge in [0.15, 0.2) is 0 Å². The highest BCUT2D eigenvalue weighted by Crippen LogP contribution is 2.10. The van der Waals surface area contributed by atoms with Crippen molar-refractivity contribution in [2.45, 2.75) is 26.3 Å². The van der Waals surface area contributed by atoms with Crippen molar-refractivity contribution >= 4 is 23.2 Å². The van der Waals surface area contributed by atoms with Crippen LogP contribution < -0.4 is 5.32 Å². The van der Waals surface area contributed by atoms with E-state index in [0.29, 0.717) is 6.54 Å². The van der Waals surface area contributed by atoms with E-state index in [4.69, 9.17) is 5.11 Å². The Morgan fingerprint density at radius 3 is 2.80 bits per heavy atom. The van der Waals surface area contributed by atoms with Gasteiger partial charge in [0, 0.05) is 17.5 Å². The summed E-state index contributed by atoms with van der Waals surface area (Å²) in [7, 11) is 0. The molecule has 0 spiro atoms. The molecule has 0 atom stereocenters. The van der Waals surface area contributed by atoms with Crippen LogP contribution in [0.2, 0.25) is 0 Å². The molecule has 15 heavy (non-hydrogen) atoms. The van der Waals surface area contributed by atoms with Crippen LogP contribution in [0.4, 0.5) is 0 Å². The minimum atomic E-state index is -0.963. The van der Waals surface area contributed by atoms with Gasteiger partial charge in [0.1, 0.15) is 5.01 Å². The number of amides is 1. The van der Waals surface area contributed by atoms with Crippen LogP contribution in [-0.2, 0) is 16.1 Å². The molecular formula is C9H12N2O3S. The lowest BCUT2D eigenvalue weighted by molar-refractivity contribution is -0.138. The first kappa shape index (κ1) is 11.6. The number of hydrogen-bond donors (Lipinski definition) is 2. The molecular weight excluding hydrogens is 216 g/mol. The number of carboxylic acids is 1. The molecule has 5 nitrogen and oxygen atoms in total. The van der Waals surface area contributed by atoms with Crippen LogP contribution in [0.1, 0.15) is 22.7 Å². The molecule has 6 heteroatoms. The first-order valence-electron chi connectivity index (χ1n) is 4.47. The Morgan fingerprint density at radius 2 is 2.27 bits per heavy atom. The van der Waals surface area contributed by atoms with Gasteiger partial charge in [0.2, 0.25) is 5.91 Å². The largest absolute Gasteiger partial charge is 0.481 e. The summed E-state index contributed by atoms with van der Waals surface area (Å²) in [5.41, 5.74) is 0. The summed E-state index contributed by atoms with van der Waals surface area (Å²) in [6.45, 7) is 2.31. The maximum atomic E-state index is 11.1. The van der Waals surface area contributed by atoms with E-state index in [2.05, 4.69) is 10.3 Å². The van der Waals surface area contributed by atoms with Crippen molar-refractivity contribution in [2.75, 3.05) is 0 Å². The van der Waals surface area contributed by atoms with Crippen molar-refractivity contribution in [1.82, 2.24) is 10.3 Å². The van der Waals surface area contributed by atoms with E-state index in [9.17, 15) is 9.59 Å². The number of rotatable bonds is 5. The van der Waals surface area contributed by atoms with Gasteiger partial charge in [-0.25, -0.2) is 4.98 Å². The summed E-state index contributed by atoms with van der Waals surface area (Å²) in [5, 5.41) is 11.8. The van der Waals surface area contributed by atoms with E-state index in [1.807, 2.05) is 6.92 Å². The Balaban J connectivity index is 2.25. The molecule has 0 aliphatic carbocycles. The van der Waals surface area contributed by atoms with Crippen LogP contribution >= 0.6 is 11.3 Å². The molecule has 82 valence electrons. The topological polar surface area (TPSA) is 79.3 Å². The van der Waals surface area contributed by atoms with Crippen LogP contribution in [0.5, 0.6) is 0 Å². The molecule has 1 aromatic heterocycles. The van der Waals surface area contributed by atoms with E-state index in [1.165, 1.54) is 11.3 Å². The number of hydrogen-bond acceptors (Lipinski definition) is 4. The smallest absolute Gasteiger partial charge is 0.303 e. The second-order valence-electron chi connectivity index (χ2n) is 3.04. The maximum Gasteiger partial charge on any atom is 0.303 e. The third-order valence-corrected chi connectivity index (χ3v) is 2.58. The normalized spacial score (nSPS) is 9.93. The van der Waals surface area contributed by atoms with Crippen LogP contribution in [0.3, 0.4) is 0 Å². The van der Waals surface area contributed by atoms with Crippen molar-refractivity contribution in [1.29, 1.82) is 0 Å². The second-order valence-corrected chi connectivity index (χ2v) is 4.35. The van der Waals surface area contributed by atoms with E-state index >= 15 is 0 Å². The molecule has 0 aromatic carbocycles. The molecule has 1 amide bonds. The highest BCUT2D eigenvalue weighted by molar-refractivity contribution is 7.11. The van der Waals surface area contributed by atoms with Crippen molar-refractivity contribution < 1.29 is 14.7 Å². The monoisotopic (exact) mass is 228 g/mol. The van der Waals surface area contributed by atoms with Gasteiger partial charge < -0.3 is 10.4 Å². The average Bonchev–Trinajstić information content (AvgIpc) is 2.58. The summed E-state index contributed by atoms with van der Waals surface area (Å²) < 4.78 is 0. The Kier molecular flexibility index (Phi) is 4.23. The van der Waals surface area contributed by atoms with E-state index in [1.54, 1.807) is 6.20 Å². The molecule has 0 radical (unpaired) electrons. The van der Waals surface area contributed by atoms with Crippen molar-refractivity contribution in [3.63, 3.8) is 0 Å². The molecule has 1 aromatic rings. The Morgan fingerprint density at radius 1 is 1.53 bits per heavy atom. The zero-order valence-corrected chi connectivity index (χ0v) is 9.13. The fourth-order valence-electron chi connectivity index (χ4n) is 0.966. The summed E-state index contributed by atoms with van der Waals surface area (Å²) in [6.07, 6.45) is 1.62. The zero-order chi connectivity index (χ0) is 11.3. The average molecular weight is 228 g/mol. The van der Waals surface area contributed by atoms with Gasteiger partial charge >= 0.3 is 5.97 Å². The fourth-order valence-corrected chi connectivity index (χ4v) is 1.69. The molecule has 2 N–H and O–H groups in total. The fraction of sp³-hybridized carbons (Fsp3) is 0.444. The van der Waals surface area contributed by atoms with Gasteiger partial charge in [-0.05, 0) is 6.92 Å². The molecule has 0 fully saturated rings. The lowest BCUT2D eigenvalue weighted by Gasteiger charge is -2.00. The molecule has 1 rings (SSSR count). The lowest BCUT2D eigenvalue weighted by atomic mass is 10.3. The van der Waals surface area contributed by atoms with Gasteiger partial charge in [-0.3, -0.25) is 9.59 Å². The zero-order valence-electron chi connectivity index (χ0n) is 8.32. The van der Waals surface area contributed by atoms with E-state index in [-0.39, 0.29) is 18.7 Å². The molecule has 0 aliphatic rings. The van der Waals surface area contributed by atoms with Gasteiger partial charge in [0.05, 0.1) is 13.0 Å². The highest BCUT2D eigenvalue weighted by atomic mass is 32.1. The maximum absolute atomic E-state index is 11.1. The number of aromatic nitrogens is 1. The van der Waals surface area contributed by atoms with Gasteiger partial charge in [-0.1, -0.05) is 0 Å². The van der Waals surface area contributed by atoms with Crippen LogP contribution in [0.15, 0.2) is 6.20 Å². The SMILES string of the molecule is Cc1cnc(CNC(=O)CCC(=O)O)s1. The number of carbonyl (C=O) groups excluding carboxylic acids is 1. The predicted molar refractivity (Wildman–Crippen MR) is 55.6 cm³/mol. The highest BCUT2D eigenvalue weighted by Gasteiger charge is 2.05. The van der Waals surface area contributed by atoms with Crippen molar-refractivity contribution in [3.8, 4) is 0 Å². The van der Waals surface area contributed by atoms with Gasteiger partial charge in [-0.2, -0.15) is 0 Å². The number of thiazole rings is 1. The number of carboxylic acid groups (broad SMARTS) is 1. The molecule has 0 saturated carbocycles. The minimum Gasteiger partial charge on any atom is -0.481 e. The van der Waals surface area contributed by atoms with Crippen molar-refractivity contribution in [2.24, 2.45) is 0 Å². The third-order valence-electron chi connectivity index (χ3n) is 1.67. The summed E-state index contributed by atoms with van der Waals surface area (Å²) >= 11 is 1.51. The first-order valence-corrected chi connectivity index (χ1v) is 5.29. The number of aryl methyl sites for hydroxylation is 1. The summed E-state index contributed by atoms with van der Waals surface area (Å²) in [4.78, 5) is 26.5.